The Morgan fingerprint density at radius 3 is 2.27 bits per heavy atom. The number of nitrogens with zero attached hydrogens (tertiary/aromatic N) is 1. The summed E-state index contributed by atoms with van der Waals surface area (Å²) in [6.07, 6.45) is 1.40. The molecular weight excluding hydrogens is 587 g/mol. The number of carbonyl (C=O) groups excluding carboxylic acids is 3. The lowest BCUT2D eigenvalue weighted by Crippen LogP contribution is -2.54. The lowest BCUT2D eigenvalue weighted by Gasteiger charge is -2.26. The number of nitrogens with one attached hydrogen (secondary N) is 1. The first kappa shape index (κ1) is 28.2. The molecule has 4 aromatic rings. The standard InChI is InChI=1S/C31H21Cl3N2O5/c32-22-6-3-4-19(14-22)17-41-28-7-2-1-5-20(28)15-26-29(37)35-31(39)36(30(26)38)24-10-12-25(13-11-24)40-18-21-8-9-23(33)16-27(21)34/h1-16H,17-18H2,(H,35,37,39)/b26-15+. The largest absolute Gasteiger partial charge is 0.489 e. The van der Waals surface area contributed by atoms with Crippen LogP contribution in [0.2, 0.25) is 15.1 Å². The highest BCUT2D eigenvalue weighted by Crippen LogP contribution is 2.28. The van der Waals surface area contributed by atoms with Gasteiger partial charge in [-0.2, -0.15) is 0 Å². The predicted octanol–water partition coefficient (Wildman–Crippen LogP) is 7.47. The van der Waals surface area contributed by atoms with Gasteiger partial charge in [0.2, 0.25) is 0 Å². The molecule has 4 amide bonds. The Labute approximate surface area is 250 Å². The van der Waals surface area contributed by atoms with E-state index in [4.69, 9.17) is 44.3 Å². The summed E-state index contributed by atoms with van der Waals surface area (Å²) in [6.45, 7) is 0.419. The zero-order valence-corrected chi connectivity index (χ0v) is 23.5. The van der Waals surface area contributed by atoms with Crippen molar-refractivity contribution in [1.29, 1.82) is 0 Å². The van der Waals surface area contributed by atoms with Crippen LogP contribution in [0.5, 0.6) is 11.5 Å². The number of para-hydroxylation sites is 1. The number of amides is 4. The molecule has 0 spiro atoms. The van der Waals surface area contributed by atoms with Crippen molar-refractivity contribution in [1.82, 2.24) is 5.32 Å². The Balaban J connectivity index is 1.33. The minimum atomic E-state index is -0.857. The molecule has 0 bridgehead atoms. The fraction of sp³-hybridized carbons (Fsp3) is 0.0645. The molecule has 10 heteroatoms. The van der Waals surface area contributed by atoms with Crippen LogP contribution in [0, 0.1) is 0 Å². The SMILES string of the molecule is O=C1NC(=O)N(c2ccc(OCc3ccc(Cl)cc3Cl)cc2)C(=O)/C1=C/c1ccccc1OCc1cccc(Cl)c1. The fourth-order valence-electron chi connectivity index (χ4n) is 4.06. The summed E-state index contributed by atoms with van der Waals surface area (Å²) in [5.74, 6) is -0.640. The number of benzene rings is 4. The van der Waals surface area contributed by atoms with Gasteiger partial charge in [0, 0.05) is 26.2 Å². The van der Waals surface area contributed by atoms with Gasteiger partial charge in [-0.1, -0.05) is 71.2 Å². The normalized spacial score (nSPS) is 14.3. The second kappa shape index (κ2) is 12.5. The Bertz CT molecular complexity index is 1670. The molecule has 7 nitrogen and oxygen atoms in total. The lowest BCUT2D eigenvalue weighted by atomic mass is 10.1. The van der Waals surface area contributed by atoms with Gasteiger partial charge in [0.1, 0.15) is 30.3 Å². The Kier molecular flexibility index (Phi) is 8.59. The number of hydrogen-bond acceptors (Lipinski definition) is 5. The molecule has 206 valence electrons. The van der Waals surface area contributed by atoms with Crippen molar-refractivity contribution < 1.29 is 23.9 Å². The van der Waals surface area contributed by atoms with E-state index in [2.05, 4.69) is 5.32 Å². The van der Waals surface area contributed by atoms with Crippen LogP contribution < -0.4 is 19.7 Å². The molecule has 0 radical (unpaired) electrons. The smallest absolute Gasteiger partial charge is 0.335 e. The van der Waals surface area contributed by atoms with Crippen molar-refractivity contribution >= 4 is 64.4 Å². The van der Waals surface area contributed by atoms with E-state index in [0.717, 1.165) is 16.0 Å². The molecule has 41 heavy (non-hydrogen) atoms. The molecule has 1 saturated heterocycles. The van der Waals surface area contributed by atoms with Gasteiger partial charge in [0.25, 0.3) is 11.8 Å². The monoisotopic (exact) mass is 606 g/mol. The van der Waals surface area contributed by atoms with Crippen LogP contribution in [0.4, 0.5) is 10.5 Å². The first-order chi connectivity index (χ1) is 19.8. The molecule has 1 aliphatic rings. The van der Waals surface area contributed by atoms with E-state index in [-0.39, 0.29) is 24.5 Å². The summed E-state index contributed by atoms with van der Waals surface area (Å²) in [6, 6.07) is 24.8. The minimum Gasteiger partial charge on any atom is -0.489 e. The van der Waals surface area contributed by atoms with Crippen molar-refractivity contribution in [3.8, 4) is 11.5 Å². The van der Waals surface area contributed by atoms with E-state index in [0.29, 0.717) is 32.1 Å². The molecule has 1 fully saturated rings. The number of anilines is 1. The van der Waals surface area contributed by atoms with Crippen molar-refractivity contribution in [3.63, 3.8) is 0 Å². The molecule has 5 rings (SSSR count). The third-order valence-electron chi connectivity index (χ3n) is 6.11. The van der Waals surface area contributed by atoms with Crippen molar-refractivity contribution in [2.24, 2.45) is 0 Å². The average molecular weight is 608 g/mol. The first-order valence-corrected chi connectivity index (χ1v) is 13.5. The third kappa shape index (κ3) is 6.72. The Morgan fingerprint density at radius 2 is 1.51 bits per heavy atom. The van der Waals surface area contributed by atoms with E-state index in [1.165, 1.54) is 6.08 Å². The number of halogens is 3. The highest BCUT2D eigenvalue weighted by Gasteiger charge is 2.37. The second-order valence-electron chi connectivity index (χ2n) is 8.93. The molecule has 0 aromatic heterocycles. The molecule has 1 N–H and O–H groups in total. The molecule has 0 saturated carbocycles. The van der Waals surface area contributed by atoms with Crippen LogP contribution >= 0.6 is 34.8 Å². The van der Waals surface area contributed by atoms with E-state index in [1.807, 2.05) is 12.1 Å². The van der Waals surface area contributed by atoms with Gasteiger partial charge in [-0.15, -0.1) is 0 Å². The maximum absolute atomic E-state index is 13.4. The van der Waals surface area contributed by atoms with E-state index in [9.17, 15) is 14.4 Å². The molecule has 4 aromatic carbocycles. The van der Waals surface area contributed by atoms with Crippen molar-refractivity contribution in [3.05, 3.63) is 128 Å². The number of ether oxygens (including phenoxy) is 2. The number of carbonyl (C=O) groups is 3. The average Bonchev–Trinajstić information content (AvgIpc) is 2.95. The molecule has 0 aliphatic carbocycles. The Hall–Kier alpha value is -4.30. The van der Waals surface area contributed by atoms with E-state index >= 15 is 0 Å². The second-order valence-corrected chi connectivity index (χ2v) is 10.2. The fourth-order valence-corrected chi connectivity index (χ4v) is 4.73. The van der Waals surface area contributed by atoms with Crippen molar-refractivity contribution in [2.45, 2.75) is 13.2 Å². The highest BCUT2D eigenvalue weighted by atomic mass is 35.5. The van der Waals surface area contributed by atoms with Gasteiger partial charge in [-0.3, -0.25) is 14.9 Å². The summed E-state index contributed by atoms with van der Waals surface area (Å²) >= 11 is 18.2. The predicted molar refractivity (Wildman–Crippen MR) is 158 cm³/mol. The summed E-state index contributed by atoms with van der Waals surface area (Å²) in [5, 5.41) is 3.81. The zero-order valence-electron chi connectivity index (χ0n) is 21.3. The van der Waals surface area contributed by atoms with Gasteiger partial charge in [-0.05, 0) is 66.2 Å². The van der Waals surface area contributed by atoms with Gasteiger partial charge < -0.3 is 9.47 Å². The quantitative estimate of drug-likeness (QED) is 0.166. The number of imide groups is 2. The molecule has 1 heterocycles. The van der Waals surface area contributed by atoms with Gasteiger partial charge in [0.15, 0.2) is 0 Å². The van der Waals surface area contributed by atoms with Crippen LogP contribution in [0.25, 0.3) is 6.08 Å². The molecule has 0 atom stereocenters. The number of urea groups is 1. The number of rotatable bonds is 8. The lowest BCUT2D eigenvalue weighted by molar-refractivity contribution is -0.122. The maximum atomic E-state index is 13.4. The van der Waals surface area contributed by atoms with E-state index in [1.54, 1.807) is 78.9 Å². The number of barbiturate groups is 1. The van der Waals surface area contributed by atoms with E-state index < -0.39 is 17.8 Å². The summed E-state index contributed by atoms with van der Waals surface area (Å²) in [7, 11) is 0. The van der Waals surface area contributed by atoms with Crippen LogP contribution in [0.3, 0.4) is 0 Å². The summed E-state index contributed by atoms with van der Waals surface area (Å²) < 4.78 is 11.7. The van der Waals surface area contributed by atoms with Crippen molar-refractivity contribution in [2.75, 3.05) is 4.90 Å². The van der Waals surface area contributed by atoms with Crippen LogP contribution in [0.1, 0.15) is 16.7 Å². The topological polar surface area (TPSA) is 84.9 Å². The molecule has 1 aliphatic heterocycles. The third-order valence-corrected chi connectivity index (χ3v) is 6.93. The Morgan fingerprint density at radius 1 is 0.756 bits per heavy atom. The van der Waals surface area contributed by atoms with Crippen LogP contribution in [0.15, 0.2) is 96.6 Å². The summed E-state index contributed by atoms with van der Waals surface area (Å²) in [4.78, 5) is 39.7. The van der Waals surface area contributed by atoms with Crippen LogP contribution in [-0.4, -0.2) is 17.8 Å². The minimum absolute atomic E-state index is 0.193. The highest BCUT2D eigenvalue weighted by molar-refractivity contribution is 6.39. The van der Waals surface area contributed by atoms with Crippen LogP contribution in [-0.2, 0) is 22.8 Å². The maximum Gasteiger partial charge on any atom is 0.335 e. The van der Waals surface area contributed by atoms with Gasteiger partial charge in [0.05, 0.1) is 5.69 Å². The first-order valence-electron chi connectivity index (χ1n) is 12.3. The zero-order chi connectivity index (χ0) is 28.9. The molecule has 0 unspecified atom stereocenters. The molecular formula is C31H21Cl3N2O5. The van der Waals surface area contributed by atoms with Gasteiger partial charge in [-0.25, -0.2) is 9.69 Å². The van der Waals surface area contributed by atoms with Gasteiger partial charge >= 0.3 is 6.03 Å². The number of hydrogen-bond donors (Lipinski definition) is 1. The summed E-state index contributed by atoms with van der Waals surface area (Å²) in [5.41, 5.74) is 2.13.